The monoisotopic (exact) mass is 555 g/mol. The number of carbonyl (C=O) groups excluding carboxylic acids is 2. The Bertz CT molecular complexity index is 1170. The maximum Gasteiger partial charge on any atom is 0.321 e. The van der Waals surface area contributed by atoms with Crippen LogP contribution in [0.4, 0.5) is 15.6 Å². The Hall–Kier alpha value is -2.91. The van der Waals surface area contributed by atoms with E-state index in [2.05, 4.69) is 74.6 Å². The van der Waals surface area contributed by atoms with Gasteiger partial charge in [-0.3, -0.25) is 10.1 Å². The summed E-state index contributed by atoms with van der Waals surface area (Å²) in [4.78, 5) is 30.7. The highest BCUT2D eigenvalue weighted by Crippen LogP contribution is 2.34. The molecule has 1 saturated heterocycles. The number of benzene rings is 2. The SMILES string of the molecule is CC(C)(c1ccc(Br)cc1)c1csc(NC(=O)NCc2ccc(N3CCC(C(N)=O)CC3)cc2)n1. The molecule has 0 bridgehead atoms. The number of hydrogen-bond acceptors (Lipinski definition) is 5. The first-order valence-electron chi connectivity index (χ1n) is 11.6. The van der Waals surface area contributed by atoms with Crippen LogP contribution in [0.1, 0.15) is 43.5 Å². The number of nitrogens with one attached hydrogen (secondary N) is 2. The van der Waals surface area contributed by atoms with Crippen LogP contribution >= 0.6 is 27.3 Å². The fourth-order valence-electron chi connectivity index (χ4n) is 4.20. The third kappa shape index (κ3) is 6.21. The molecule has 1 aliphatic heterocycles. The molecule has 0 unspecified atom stereocenters. The van der Waals surface area contributed by atoms with Gasteiger partial charge in [0.15, 0.2) is 5.13 Å². The summed E-state index contributed by atoms with van der Waals surface area (Å²) in [6.07, 6.45) is 1.58. The van der Waals surface area contributed by atoms with E-state index in [1.54, 1.807) is 0 Å². The Kier molecular flexibility index (Phi) is 7.76. The molecule has 4 rings (SSSR count). The zero-order chi connectivity index (χ0) is 25.0. The summed E-state index contributed by atoms with van der Waals surface area (Å²) in [5, 5.41) is 8.30. The Balaban J connectivity index is 1.28. The second kappa shape index (κ2) is 10.8. The standard InChI is InChI=1S/C26H30BrN5O2S/c1-26(2,19-5-7-20(27)8-6-19)22-16-35-25(30-22)31-24(34)29-15-17-3-9-21(10-4-17)32-13-11-18(12-14-32)23(28)33/h3-10,16,18H,11-15H2,1-2H3,(H2,28,33)(H2,29,30,31,34). The predicted molar refractivity (Wildman–Crippen MR) is 145 cm³/mol. The van der Waals surface area contributed by atoms with Crippen LogP contribution in [0.5, 0.6) is 0 Å². The quantitative estimate of drug-likeness (QED) is 0.370. The van der Waals surface area contributed by atoms with Crippen molar-refractivity contribution < 1.29 is 9.59 Å². The van der Waals surface area contributed by atoms with E-state index >= 15 is 0 Å². The third-order valence-electron chi connectivity index (χ3n) is 6.58. The average Bonchev–Trinajstić information content (AvgIpc) is 3.33. The summed E-state index contributed by atoms with van der Waals surface area (Å²) in [5.74, 6) is -0.222. The minimum atomic E-state index is -0.287. The van der Waals surface area contributed by atoms with E-state index < -0.39 is 0 Å². The normalized spacial score (nSPS) is 14.5. The van der Waals surface area contributed by atoms with Crippen molar-refractivity contribution in [1.29, 1.82) is 0 Å². The third-order valence-corrected chi connectivity index (χ3v) is 7.87. The van der Waals surface area contributed by atoms with Crippen molar-refractivity contribution in [3.8, 4) is 0 Å². The van der Waals surface area contributed by atoms with Crippen LogP contribution in [0.25, 0.3) is 0 Å². The number of primary amides is 1. The zero-order valence-corrected chi connectivity index (χ0v) is 22.3. The van der Waals surface area contributed by atoms with E-state index in [0.717, 1.165) is 52.9 Å². The lowest BCUT2D eigenvalue weighted by molar-refractivity contribution is -0.122. The number of amides is 3. The molecule has 3 aromatic rings. The van der Waals surface area contributed by atoms with Crippen molar-refractivity contribution in [3.05, 3.63) is 75.2 Å². The molecule has 7 nitrogen and oxygen atoms in total. The van der Waals surface area contributed by atoms with E-state index in [4.69, 9.17) is 5.73 Å². The Morgan fingerprint density at radius 2 is 1.77 bits per heavy atom. The first-order chi connectivity index (χ1) is 16.7. The summed E-state index contributed by atoms with van der Waals surface area (Å²) in [5.41, 5.74) is 9.34. The number of hydrogen-bond donors (Lipinski definition) is 3. The summed E-state index contributed by atoms with van der Waals surface area (Å²) in [6, 6.07) is 16.0. The van der Waals surface area contributed by atoms with Crippen LogP contribution in [0.15, 0.2) is 58.4 Å². The van der Waals surface area contributed by atoms with Gasteiger partial charge >= 0.3 is 6.03 Å². The molecule has 1 aromatic heterocycles. The Labute approximate surface area is 218 Å². The minimum absolute atomic E-state index is 0.0195. The van der Waals surface area contributed by atoms with Crippen LogP contribution in [-0.2, 0) is 16.8 Å². The van der Waals surface area contributed by atoms with E-state index in [1.807, 2.05) is 29.6 Å². The first-order valence-corrected chi connectivity index (χ1v) is 13.3. The molecule has 9 heteroatoms. The molecule has 184 valence electrons. The van der Waals surface area contributed by atoms with Gasteiger partial charge in [-0.2, -0.15) is 0 Å². The number of thiazole rings is 1. The number of aromatic nitrogens is 1. The van der Waals surface area contributed by atoms with Gasteiger partial charge in [0.1, 0.15) is 0 Å². The molecule has 2 aromatic carbocycles. The molecular weight excluding hydrogens is 526 g/mol. The second-order valence-electron chi connectivity index (χ2n) is 9.31. The highest BCUT2D eigenvalue weighted by atomic mass is 79.9. The fraction of sp³-hybridized carbons (Fsp3) is 0.346. The van der Waals surface area contributed by atoms with Gasteiger partial charge in [-0.1, -0.05) is 54.0 Å². The van der Waals surface area contributed by atoms with Crippen molar-refractivity contribution in [2.75, 3.05) is 23.3 Å². The summed E-state index contributed by atoms with van der Waals surface area (Å²) in [6.45, 7) is 6.31. The molecule has 35 heavy (non-hydrogen) atoms. The Morgan fingerprint density at radius 1 is 1.11 bits per heavy atom. The molecule has 4 N–H and O–H groups in total. The number of anilines is 2. The minimum Gasteiger partial charge on any atom is -0.371 e. The zero-order valence-electron chi connectivity index (χ0n) is 19.9. The lowest BCUT2D eigenvalue weighted by Crippen LogP contribution is -2.38. The van der Waals surface area contributed by atoms with Crippen molar-refractivity contribution in [1.82, 2.24) is 10.3 Å². The van der Waals surface area contributed by atoms with Gasteiger partial charge in [0.05, 0.1) is 5.69 Å². The maximum absolute atomic E-state index is 12.4. The lowest BCUT2D eigenvalue weighted by Gasteiger charge is -2.32. The number of nitrogens with two attached hydrogens (primary N) is 1. The second-order valence-corrected chi connectivity index (χ2v) is 11.1. The van der Waals surface area contributed by atoms with Crippen LogP contribution in [0.3, 0.4) is 0 Å². The molecular formula is C26H30BrN5O2S. The molecule has 1 aliphatic rings. The van der Waals surface area contributed by atoms with Gasteiger partial charge in [0.25, 0.3) is 0 Å². The fourth-order valence-corrected chi connectivity index (χ4v) is 5.34. The van der Waals surface area contributed by atoms with E-state index in [1.165, 1.54) is 11.3 Å². The number of piperidine rings is 1. The number of halogens is 1. The van der Waals surface area contributed by atoms with Gasteiger partial charge in [-0.05, 0) is 48.2 Å². The molecule has 0 atom stereocenters. The number of nitrogens with zero attached hydrogens (tertiary/aromatic N) is 2. The summed E-state index contributed by atoms with van der Waals surface area (Å²) < 4.78 is 1.04. The summed E-state index contributed by atoms with van der Waals surface area (Å²) in [7, 11) is 0. The van der Waals surface area contributed by atoms with Gasteiger partial charge in [0.2, 0.25) is 5.91 Å². The van der Waals surface area contributed by atoms with E-state index in [-0.39, 0.29) is 23.3 Å². The van der Waals surface area contributed by atoms with Gasteiger partial charge in [-0.25, -0.2) is 9.78 Å². The number of carbonyl (C=O) groups is 2. The molecule has 0 saturated carbocycles. The predicted octanol–water partition coefficient (Wildman–Crippen LogP) is 5.25. The van der Waals surface area contributed by atoms with E-state index in [9.17, 15) is 9.59 Å². The topological polar surface area (TPSA) is 100 Å². The summed E-state index contributed by atoms with van der Waals surface area (Å²) >= 11 is 4.89. The van der Waals surface area contributed by atoms with Crippen LogP contribution < -0.4 is 21.3 Å². The number of rotatable bonds is 7. The highest BCUT2D eigenvalue weighted by molar-refractivity contribution is 9.10. The van der Waals surface area contributed by atoms with Crippen molar-refractivity contribution >= 4 is 50.0 Å². The van der Waals surface area contributed by atoms with Crippen LogP contribution in [-0.4, -0.2) is 30.0 Å². The number of urea groups is 1. The van der Waals surface area contributed by atoms with Crippen molar-refractivity contribution in [3.63, 3.8) is 0 Å². The largest absolute Gasteiger partial charge is 0.371 e. The van der Waals surface area contributed by atoms with Crippen molar-refractivity contribution in [2.24, 2.45) is 11.7 Å². The maximum atomic E-state index is 12.4. The average molecular weight is 557 g/mol. The smallest absolute Gasteiger partial charge is 0.321 e. The Morgan fingerprint density at radius 3 is 2.40 bits per heavy atom. The molecule has 3 amide bonds. The molecule has 2 heterocycles. The van der Waals surface area contributed by atoms with Gasteiger partial charge in [-0.15, -0.1) is 11.3 Å². The molecule has 0 radical (unpaired) electrons. The molecule has 0 spiro atoms. The highest BCUT2D eigenvalue weighted by Gasteiger charge is 2.26. The van der Waals surface area contributed by atoms with Crippen molar-refractivity contribution in [2.45, 2.75) is 38.6 Å². The lowest BCUT2D eigenvalue weighted by atomic mass is 9.82. The van der Waals surface area contributed by atoms with Crippen LogP contribution in [0, 0.1) is 5.92 Å². The van der Waals surface area contributed by atoms with Gasteiger partial charge in [0, 0.05) is 46.5 Å². The van der Waals surface area contributed by atoms with Crippen LogP contribution in [0.2, 0.25) is 0 Å². The van der Waals surface area contributed by atoms with E-state index in [0.29, 0.717) is 11.7 Å². The first kappa shape index (κ1) is 25.2. The molecule has 1 fully saturated rings. The van der Waals surface area contributed by atoms with Gasteiger partial charge < -0.3 is 16.0 Å². The molecule has 0 aliphatic carbocycles.